The van der Waals surface area contributed by atoms with E-state index in [0.717, 1.165) is 6.20 Å². The minimum Gasteiger partial charge on any atom is -0.388 e. The third-order valence-corrected chi connectivity index (χ3v) is 3.42. The van der Waals surface area contributed by atoms with Crippen molar-refractivity contribution < 1.29 is 14.8 Å². The van der Waals surface area contributed by atoms with Gasteiger partial charge in [-0.3, -0.25) is 10.1 Å². The highest BCUT2D eigenvalue weighted by atomic mass is 35.5. The van der Waals surface area contributed by atoms with E-state index < -0.39 is 10.5 Å². The van der Waals surface area contributed by atoms with E-state index in [1.165, 1.54) is 4.90 Å². The Balaban J connectivity index is 2.21. The molecule has 2 rings (SSSR count). The number of halogens is 1. The van der Waals surface area contributed by atoms with Gasteiger partial charge in [-0.25, -0.2) is 4.98 Å². The van der Waals surface area contributed by atoms with E-state index in [1.807, 2.05) is 0 Å². The normalized spacial score (nSPS) is 17.8. The van der Waals surface area contributed by atoms with Gasteiger partial charge < -0.3 is 14.7 Å². The molecule has 1 fully saturated rings. The molecule has 110 valence electrons. The van der Waals surface area contributed by atoms with Crippen LogP contribution in [0.2, 0.25) is 5.28 Å². The molecular weight excluding hydrogens is 288 g/mol. The summed E-state index contributed by atoms with van der Waals surface area (Å²) in [5.74, 6) is 0.0925. The van der Waals surface area contributed by atoms with Crippen LogP contribution in [0.1, 0.15) is 12.8 Å². The smallest absolute Gasteiger partial charge is 0.329 e. The summed E-state index contributed by atoms with van der Waals surface area (Å²) in [4.78, 5) is 19.4. The number of aromatic nitrogens is 2. The molecule has 0 aliphatic carbocycles. The van der Waals surface area contributed by atoms with Gasteiger partial charge in [0.15, 0.2) is 0 Å². The summed E-state index contributed by atoms with van der Waals surface area (Å²) in [6.45, 7) is 1.15. The highest BCUT2D eigenvalue weighted by molar-refractivity contribution is 6.28. The summed E-state index contributed by atoms with van der Waals surface area (Å²) in [6.07, 6.45) is 2.02. The predicted octanol–water partition coefficient (Wildman–Crippen LogP) is 1.02. The minimum atomic E-state index is -0.946. The molecule has 9 heteroatoms. The SMILES string of the molecule is CN(CC1(O)CCOCC1)c1nc(Cl)ncc1[N+](=O)[O-]. The molecule has 1 N–H and O–H groups in total. The molecular formula is C11H15ClN4O4. The summed E-state index contributed by atoms with van der Waals surface area (Å²) < 4.78 is 5.20. The second-order valence-corrected chi connectivity index (χ2v) is 5.14. The van der Waals surface area contributed by atoms with E-state index in [9.17, 15) is 15.2 Å². The van der Waals surface area contributed by atoms with Crippen LogP contribution in [0.4, 0.5) is 11.5 Å². The lowest BCUT2D eigenvalue weighted by molar-refractivity contribution is -0.384. The van der Waals surface area contributed by atoms with Gasteiger partial charge in [-0.05, 0) is 11.6 Å². The van der Waals surface area contributed by atoms with Crippen molar-refractivity contribution >= 4 is 23.1 Å². The summed E-state index contributed by atoms with van der Waals surface area (Å²) in [5, 5.41) is 21.3. The first-order valence-corrected chi connectivity index (χ1v) is 6.47. The topological polar surface area (TPSA) is 102 Å². The number of nitro groups is 1. The van der Waals surface area contributed by atoms with Crippen LogP contribution in [0.5, 0.6) is 0 Å². The Hall–Kier alpha value is -1.51. The number of aliphatic hydroxyl groups is 1. The molecule has 0 bridgehead atoms. The van der Waals surface area contributed by atoms with Crippen LogP contribution >= 0.6 is 11.6 Å². The molecule has 0 aromatic carbocycles. The lowest BCUT2D eigenvalue weighted by Gasteiger charge is -2.35. The van der Waals surface area contributed by atoms with E-state index >= 15 is 0 Å². The van der Waals surface area contributed by atoms with Crippen molar-refractivity contribution in [2.45, 2.75) is 18.4 Å². The molecule has 1 aromatic heterocycles. The average molecular weight is 303 g/mol. The number of likely N-dealkylation sites (N-methyl/N-ethyl adjacent to an activating group) is 1. The van der Waals surface area contributed by atoms with Crippen molar-refractivity contribution in [2.24, 2.45) is 0 Å². The Morgan fingerprint density at radius 2 is 2.25 bits per heavy atom. The Labute approximate surface area is 120 Å². The second-order valence-electron chi connectivity index (χ2n) is 4.80. The quantitative estimate of drug-likeness (QED) is 0.503. The van der Waals surface area contributed by atoms with E-state index in [4.69, 9.17) is 16.3 Å². The first-order chi connectivity index (χ1) is 9.41. The fourth-order valence-corrected chi connectivity index (χ4v) is 2.31. The number of rotatable bonds is 4. The van der Waals surface area contributed by atoms with Crippen LogP contribution in [0.3, 0.4) is 0 Å². The van der Waals surface area contributed by atoms with Crippen LogP contribution in [-0.2, 0) is 4.74 Å². The summed E-state index contributed by atoms with van der Waals surface area (Å²) in [6, 6.07) is 0. The van der Waals surface area contributed by atoms with Crippen molar-refractivity contribution in [3.05, 3.63) is 21.6 Å². The van der Waals surface area contributed by atoms with Crippen LogP contribution in [0.15, 0.2) is 6.20 Å². The number of ether oxygens (including phenoxy) is 1. The number of anilines is 1. The molecule has 8 nitrogen and oxygen atoms in total. The van der Waals surface area contributed by atoms with Gasteiger partial charge in [0.25, 0.3) is 0 Å². The van der Waals surface area contributed by atoms with Gasteiger partial charge in [-0.2, -0.15) is 4.98 Å². The number of nitrogens with zero attached hydrogens (tertiary/aromatic N) is 4. The zero-order chi connectivity index (χ0) is 14.8. The molecule has 1 saturated heterocycles. The maximum atomic E-state index is 11.0. The van der Waals surface area contributed by atoms with E-state index in [0.29, 0.717) is 26.1 Å². The maximum absolute atomic E-state index is 11.0. The van der Waals surface area contributed by atoms with Crippen molar-refractivity contribution in [2.75, 3.05) is 31.7 Å². The summed E-state index contributed by atoms with van der Waals surface area (Å²) in [5.41, 5.74) is -1.19. The van der Waals surface area contributed by atoms with Crippen LogP contribution < -0.4 is 4.90 Å². The number of hydrogen-bond donors (Lipinski definition) is 1. The molecule has 1 aliphatic heterocycles. The van der Waals surface area contributed by atoms with Gasteiger partial charge in [0.05, 0.1) is 10.5 Å². The van der Waals surface area contributed by atoms with Gasteiger partial charge in [0, 0.05) is 39.6 Å². The van der Waals surface area contributed by atoms with Crippen molar-refractivity contribution in [1.29, 1.82) is 0 Å². The maximum Gasteiger partial charge on any atom is 0.329 e. The Morgan fingerprint density at radius 3 is 2.85 bits per heavy atom. The molecule has 0 radical (unpaired) electrons. The fourth-order valence-electron chi connectivity index (χ4n) is 2.18. The van der Waals surface area contributed by atoms with Crippen LogP contribution in [-0.4, -0.2) is 52.4 Å². The molecule has 1 aliphatic rings. The lowest BCUT2D eigenvalue weighted by atomic mass is 9.94. The molecule has 2 heterocycles. The van der Waals surface area contributed by atoms with Crippen LogP contribution in [0.25, 0.3) is 0 Å². The highest BCUT2D eigenvalue weighted by Gasteiger charge is 2.33. The minimum absolute atomic E-state index is 0.0728. The Kier molecular flexibility index (Phi) is 4.36. The fraction of sp³-hybridized carbons (Fsp3) is 0.636. The third kappa shape index (κ3) is 3.33. The summed E-state index contributed by atoms with van der Waals surface area (Å²) >= 11 is 5.69. The molecule has 0 atom stereocenters. The second kappa shape index (κ2) is 5.86. The molecule has 0 spiro atoms. The van der Waals surface area contributed by atoms with Gasteiger partial charge in [0.1, 0.15) is 6.20 Å². The van der Waals surface area contributed by atoms with Gasteiger partial charge >= 0.3 is 5.69 Å². The first-order valence-electron chi connectivity index (χ1n) is 6.09. The number of hydrogen-bond acceptors (Lipinski definition) is 7. The van der Waals surface area contributed by atoms with Crippen LogP contribution in [0, 0.1) is 10.1 Å². The van der Waals surface area contributed by atoms with Gasteiger partial charge in [-0.15, -0.1) is 0 Å². The molecule has 1 aromatic rings. The zero-order valence-corrected chi connectivity index (χ0v) is 11.7. The zero-order valence-electron chi connectivity index (χ0n) is 11.0. The first kappa shape index (κ1) is 14.9. The van der Waals surface area contributed by atoms with Crippen molar-refractivity contribution in [3.8, 4) is 0 Å². The Morgan fingerprint density at radius 1 is 1.60 bits per heavy atom. The monoisotopic (exact) mass is 302 g/mol. The third-order valence-electron chi connectivity index (χ3n) is 3.23. The summed E-state index contributed by atoms with van der Waals surface area (Å²) in [7, 11) is 1.62. The average Bonchev–Trinajstić information content (AvgIpc) is 2.38. The highest BCUT2D eigenvalue weighted by Crippen LogP contribution is 2.28. The van der Waals surface area contributed by atoms with Gasteiger partial charge in [-0.1, -0.05) is 0 Å². The predicted molar refractivity (Wildman–Crippen MR) is 72.0 cm³/mol. The largest absolute Gasteiger partial charge is 0.388 e. The molecule has 20 heavy (non-hydrogen) atoms. The Bertz CT molecular complexity index is 507. The van der Waals surface area contributed by atoms with E-state index in [-0.39, 0.29) is 23.3 Å². The molecule has 0 amide bonds. The van der Waals surface area contributed by atoms with E-state index in [1.54, 1.807) is 7.05 Å². The van der Waals surface area contributed by atoms with Crippen molar-refractivity contribution in [3.63, 3.8) is 0 Å². The van der Waals surface area contributed by atoms with Gasteiger partial charge in [0.2, 0.25) is 11.1 Å². The lowest BCUT2D eigenvalue weighted by Crippen LogP contribution is -2.46. The van der Waals surface area contributed by atoms with E-state index in [2.05, 4.69) is 9.97 Å². The molecule has 0 unspecified atom stereocenters. The van der Waals surface area contributed by atoms with Crippen molar-refractivity contribution in [1.82, 2.24) is 9.97 Å². The molecule has 0 saturated carbocycles. The standard InChI is InChI=1S/C11H15ClN4O4/c1-15(7-11(17)2-4-20-5-3-11)9-8(16(18)19)6-13-10(12)14-9/h6,17H,2-5,7H2,1H3.